The quantitative estimate of drug-likeness (QED) is 0.657. The molecule has 17 heavy (non-hydrogen) atoms. The highest BCUT2D eigenvalue weighted by atomic mass is 16.2. The number of primary amides is 1. The monoisotopic (exact) mass is 239 g/mol. The molecule has 0 saturated carbocycles. The molecular formula is C10H17N5O2. The van der Waals surface area contributed by atoms with Crippen LogP contribution in [0.4, 0.5) is 0 Å². The van der Waals surface area contributed by atoms with Gasteiger partial charge in [0.15, 0.2) is 0 Å². The van der Waals surface area contributed by atoms with Crippen LogP contribution in [0.15, 0.2) is 12.4 Å². The van der Waals surface area contributed by atoms with Gasteiger partial charge >= 0.3 is 0 Å². The molecule has 0 fully saturated rings. The fourth-order valence-electron chi connectivity index (χ4n) is 1.43. The van der Waals surface area contributed by atoms with Crippen LogP contribution in [0, 0.1) is 0 Å². The molecule has 1 rings (SSSR count). The van der Waals surface area contributed by atoms with E-state index in [1.54, 1.807) is 19.4 Å². The molecule has 0 spiro atoms. The van der Waals surface area contributed by atoms with Gasteiger partial charge in [-0.25, -0.2) is 4.98 Å². The summed E-state index contributed by atoms with van der Waals surface area (Å²) in [4.78, 5) is 28.0. The SMILES string of the molecule is CN(Cc1nccn1C)C(=O)C(N)CC(N)=O. The van der Waals surface area contributed by atoms with Crippen molar-refractivity contribution in [2.75, 3.05) is 7.05 Å². The second-order valence-corrected chi connectivity index (χ2v) is 3.93. The molecule has 94 valence electrons. The first-order valence-electron chi connectivity index (χ1n) is 5.17. The van der Waals surface area contributed by atoms with Gasteiger partial charge < -0.3 is 20.9 Å². The summed E-state index contributed by atoms with van der Waals surface area (Å²) in [5, 5.41) is 0. The van der Waals surface area contributed by atoms with Crippen LogP contribution in [0.25, 0.3) is 0 Å². The zero-order valence-corrected chi connectivity index (χ0v) is 9.96. The highest BCUT2D eigenvalue weighted by molar-refractivity contribution is 5.87. The second-order valence-electron chi connectivity index (χ2n) is 3.93. The summed E-state index contributed by atoms with van der Waals surface area (Å²) in [7, 11) is 3.45. The highest BCUT2D eigenvalue weighted by Crippen LogP contribution is 2.02. The summed E-state index contributed by atoms with van der Waals surface area (Å²) in [6.07, 6.45) is 3.29. The summed E-state index contributed by atoms with van der Waals surface area (Å²) >= 11 is 0. The minimum absolute atomic E-state index is 0.149. The van der Waals surface area contributed by atoms with Gasteiger partial charge in [-0.05, 0) is 0 Å². The van der Waals surface area contributed by atoms with Crippen LogP contribution < -0.4 is 11.5 Å². The van der Waals surface area contributed by atoms with Gasteiger partial charge in [0.1, 0.15) is 5.82 Å². The third-order valence-corrected chi connectivity index (χ3v) is 2.41. The molecule has 1 unspecified atom stereocenters. The number of nitrogens with two attached hydrogens (primary N) is 2. The lowest BCUT2D eigenvalue weighted by Gasteiger charge is -2.20. The summed E-state index contributed by atoms with van der Waals surface area (Å²) in [5.41, 5.74) is 10.6. The number of nitrogens with zero attached hydrogens (tertiary/aromatic N) is 3. The second kappa shape index (κ2) is 5.44. The van der Waals surface area contributed by atoms with Crippen molar-refractivity contribution in [3.63, 3.8) is 0 Å². The zero-order chi connectivity index (χ0) is 13.0. The molecule has 0 aliphatic heterocycles. The summed E-state index contributed by atoms with van der Waals surface area (Å²) in [5.74, 6) is -0.171. The van der Waals surface area contributed by atoms with E-state index in [1.165, 1.54) is 4.90 Å². The number of aryl methyl sites for hydroxylation is 1. The Kier molecular flexibility index (Phi) is 4.22. The molecular weight excluding hydrogens is 222 g/mol. The lowest BCUT2D eigenvalue weighted by molar-refractivity contribution is -0.134. The Morgan fingerprint density at radius 3 is 2.71 bits per heavy atom. The predicted octanol–water partition coefficient (Wildman–Crippen LogP) is -1.42. The van der Waals surface area contributed by atoms with Gasteiger partial charge in [-0.2, -0.15) is 0 Å². The molecule has 4 N–H and O–H groups in total. The van der Waals surface area contributed by atoms with E-state index in [0.717, 1.165) is 5.82 Å². The molecule has 1 atom stereocenters. The molecule has 0 radical (unpaired) electrons. The number of amides is 2. The lowest BCUT2D eigenvalue weighted by Crippen LogP contribution is -2.43. The zero-order valence-electron chi connectivity index (χ0n) is 9.96. The number of imidazole rings is 1. The smallest absolute Gasteiger partial charge is 0.240 e. The van der Waals surface area contributed by atoms with E-state index in [1.807, 2.05) is 11.6 Å². The van der Waals surface area contributed by atoms with Crippen LogP contribution in [0.2, 0.25) is 0 Å². The summed E-state index contributed by atoms with van der Waals surface area (Å²) < 4.78 is 1.81. The molecule has 0 aliphatic carbocycles. The first kappa shape index (κ1) is 13.2. The Bertz CT molecular complexity index is 415. The van der Waals surface area contributed by atoms with Crippen LogP contribution in [0.3, 0.4) is 0 Å². The number of likely N-dealkylation sites (N-methyl/N-ethyl adjacent to an activating group) is 1. The molecule has 1 aromatic rings. The fourth-order valence-corrected chi connectivity index (χ4v) is 1.43. The Morgan fingerprint density at radius 2 is 2.24 bits per heavy atom. The lowest BCUT2D eigenvalue weighted by atomic mass is 10.2. The van der Waals surface area contributed by atoms with Gasteiger partial charge in [-0.1, -0.05) is 0 Å². The van der Waals surface area contributed by atoms with Crippen molar-refractivity contribution in [3.8, 4) is 0 Å². The van der Waals surface area contributed by atoms with E-state index >= 15 is 0 Å². The number of hydrogen-bond donors (Lipinski definition) is 2. The van der Waals surface area contributed by atoms with Gasteiger partial charge in [-0.15, -0.1) is 0 Å². The van der Waals surface area contributed by atoms with E-state index < -0.39 is 11.9 Å². The molecule has 0 saturated heterocycles. The maximum absolute atomic E-state index is 11.8. The third kappa shape index (κ3) is 3.56. The molecule has 1 heterocycles. The number of rotatable bonds is 5. The minimum atomic E-state index is -0.891. The van der Waals surface area contributed by atoms with E-state index in [-0.39, 0.29) is 12.3 Å². The van der Waals surface area contributed by atoms with Gasteiger partial charge in [0.25, 0.3) is 0 Å². The van der Waals surface area contributed by atoms with Crippen molar-refractivity contribution in [1.29, 1.82) is 0 Å². The van der Waals surface area contributed by atoms with E-state index in [4.69, 9.17) is 11.5 Å². The third-order valence-electron chi connectivity index (χ3n) is 2.41. The molecule has 2 amide bonds. The molecule has 7 heteroatoms. The molecule has 0 bridgehead atoms. The van der Waals surface area contributed by atoms with Crippen molar-refractivity contribution in [2.45, 2.75) is 19.0 Å². The topological polar surface area (TPSA) is 107 Å². The average molecular weight is 239 g/mol. The maximum atomic E-state index is 11.8. The molecule has 1 aromatic heterocycles. The number of carbonyl (C=O) groups excluding carboxylic acids is 2. The highest BCUT2D eigenvalue weighted by Gasteiger charge is 2.20. The Labute approximate surface area is 99.4 Å². The van der Waals surface area contributed by atoms with Gasteiger partial charge in [-0.3, -0.25) is 9.59 Å². The maximum Gasteiger partial charge on any atom is 0.240 e. The number of hydrogen-bond acceptors (Lipinski definition) is 4. The van der Waals surface area contributed by atoms with Crippen molar-refractivity contribution >= 4 is 11.8 Å². The number of carbonyl (C=O) groups is 2. The molecule has 0 aromatic carbocycles. The van der Waals surface area contributed by atoms with Crippen molar-refractivity contribution in [2.24, 2.45) is 18.5 Å². The van der Waals surface area contributed by atoms with Gasteiger partial charge in [0.05, 0.1) is 19.0 Å². The van der Waals surface area contributed by atoms with E-state index in [9.17, 15) is 9.59 Å². The standard InChI is InChI=1S/C10H17N5O2/c1-14-4-3-13-9(14)6-15(2)10(17)7(11)5-8(12)16/h3-4,7H,5-6,11H2,1-2H3,(H2,12,16). The number of aromatic nitrogens is 2. The van der Waals surface area contributed by atoms with Crippen molar-refractivity contribution in [1.82, 2.24) is 14.5 Å². The van der Waals surface area contributed by atoms with Crippen LogP contribution >= 0.6 is 0 Å². The van der Waals surface area contributed by atoms with Crippen LogP contribution in [0.5, 0.6) is 0 Å². The summed E-state index contributed by atoms with van der Waals surface area (Å²) in [6, 6.07) is -0.891. The van der Waals surface area contributed by atoms with Gasteiger partial charge in [0.2, 0.25) is 11.8 Å². The average Bonchev–Trinajstić information content (AvgIpc) is 2.62. The van der Waals surface area contributed by atoms with Crippen LogP contribution in [-0.2, 0) is 23.2 Å². The first-order chi connectivity index (χ1) is 7.91. The molecule has 7 nitrogen and oxygen atoms in total. The Balaban J connectivity index is 2.58. The summed E-state index contributed by atoms with van der Waals surface area (Å²) in [6.45, 7) is 0.342. The first-order valence-corrected chi connectivity index (χ1v) is 5.17. The minimum Gasteiger partial charge on any atom is -0.370 e. The van der Waals surface area contributed by atoms with Crippen LogP contribution in [-0.4, -0.2) is 39.4 Å². The normalized spacial score (nSPS) is 12.2. The molecule has 0 aliphatic rings. The largest absolute Gasteiger partial charge is 0.370 e. The van der Waals surface area contributed by atoms with E-state index in [0.29, 0.717) is 6.54 Å². The van der Waals surface area contributed by atoms with Crippen molar-refractivity contribution in [3.05, 3.63) is 18.2 Å². The predicted molar refractivity (Wildman–Crippen MR) is 61.5 cm³/mol. The fraction of sp³-hybridized carbons (Fsp3) is 0.500. The van der Waals surface area contributed by atoms with E-state index in [2.05, 4.69) is 4.98 Å². The van der Waals surface area contributed by atoms with Gasteiger partial charge in [0, 0.05) is 26.5 Å². The van der Waals surface area contributed by atoms with Crippen LogP contribution in [0.1, 0.15) is 12.2 Å². The Morgan fingerprint density at radius 1 is 1.59 bits per heavy atom. The Hall–Kier alpha value is -1.89. The van der Waals surface area contributed by atoms with Crippen molar-refractivity contribution < 1.29 is 9.59 Å².